The fourth-order valence-electron chi connectivity index (χ4n) is 3.29. The highest BCUT2D eigenvalue weighted by atomic mass is 32.2. The van der Waals surface area contributed by atoms with E-state index in [0.29, 0.717) is 29.4 Å². The molecule has 5 heteroatoms. The second-order valence-corrected chi connectivity index (χ2v) is 7.80. The Bertz CT molecular complexity index is 699. The van der Waals surface area contributed by atoms with E-state index in [2.05, 4.69) is 17.2 Å². The van der Waals surface area contributed by atoms with E-state index in [1.165, 1.54) is 19.3 Å². The standard InChI is InChI=1S/C20H26N2O2S/c1-14-8-6-7-11-17(14)21-19(23)13-25-12-18-15(2)24-20(22-18)16-9-4-3-5-10-16/h3-5,9-10,14,17H,6-8,11-13H2,1-2H3,(H,21,23)/t14-,17+/m1/s1. The number of nitrogens with zero attached hydrogens (tertiary/aromatic N) is 1. The van der Waals surface area contributed by atoms with Crippen LogP contribution in [0.1, 0.15) is 44.1 Å². The van der Waals surface area contributed by atoms with Gasteiger partial charge in [-0.05, 0) is 37.8 Å². The molecule has 1 aromatic heterocycles. The topological polar surface area (TPSA) is 55.1 Å². The fourth-order valence-corrected chi connectivity index (χ4v) is 4.12. The van der Waals surface area contributed by atoms with Gasteiger partial charge >= 0.3 is 0 Å². The lowest BCUT2D eigenvalue weighted by Crippen LogP contribution is -2.41. The molecule has 4 nitrogen and oxygen atoms in total. The summed E-state index contributed by atoms with van der Waals surface area (Å²) < 4.78 is 5.77. The second-order valence-electron chi connectivity index (χ2n) is 6.82. The summed E-state index contributed by atoms with van der Waals surface area (Å²) >= 11 is 1.59. The van der Waals surface area contributed by atoms with Crippen molar-refractivity contribution in [1.29, 1.82) is 0 Å². The third kappa shape index (κ3) is 4.88. The highest BCUT2D eigenvalue weighted by Crippen LogP contribution is 2.25. The van der Waals surface area contributed by atoms with Gasteiger partial charge in [0.1, 0.15) is 5.76 Å². The molecule has 0 spiro atoms. The molecule has 1 N–H and O–H groups in total. The van der Waals surface area contributed by atoms with E-state index in [1.807, 2.05) is 37.3 Å². The van der Waals surface area contributed by atoms with Crippen LogP contribution in [-0.4, -0.2) is 22.7 Å². The zero-order chi connectivity index (χ0) is 17.6. The van der Waals surface area contributed by atoms with Crippen molar-refractivity contribution in [2.24, 2.45) is 5.92 Å². The monoisotopic (exact) mass is 358 g/mol. The van der Waals surface area contributed by atoms with Crippen LogP contribution in [0.2, 0.25) is 0 Å². The predicted octanol–water partition coefficient (Wildman–Crippen LogP) is 4.58. The molecule has 134 valence electrons. The number of nitrogens with one attached hydrogen (secondary N) is 1. The molecule has 25 heavy (non-hydrogen) atoms. The van der Waals surface area contributed by atoms with E-state index < -0.39 is 0 Å². The smallest absolute Gasteiger partial charge is 0.230 e. The number of hydrogen-bond acceptors (Lipinski definition) is 4. The third-order valence-electron chi connectivity index (χ3n) is 4.84. The molecule has 0 bridgehead atoms. The number of oxazole rings is 1. The van der Waals surface area contributed by atoms with E-state index in [1.54, 1.807) is 11.8 Å². The molecule has 0 radical (unpaired) electrons. The summed E-state index contributed by atoms with van der Waals surface area (Å²) in [4.78, 5) is 16.8. The van der Waals surface area contributed by atoms with Gasteiger partial charge in [-0.2, -0.15) is 0 Å². The van der Waals surface area contributed by atoms with E-state index in [9.17, 15) is 4.79 Å². The maximum atomic E-state index is 12.2. The molecule has 1 heterocycles. The molecular formula is C20H26N2O2S. The van der Waals surface area contributed by atoms with Crippen molar-refractivity contribution in [2.45, 2.75) is 51.3 Å². The summed E-state index contributed by atoms with van der Waals surface area (Å²) in [6.07, 6.45) is 4.85. The lowest BCUT2D eigenvalue weighted by molar-refractivity contribution is -0.119. The Kier molecular flexibility index (Phi) is 6.19. The molecule has 1 amide bonds. The minimum atomic E-state index is 0.133. The van der Waals surface area contributed by atoms with Crippen LogP contribution in [0.25, 0.3) is 11.5 Å². The first-order valence-corrected chi connectivity index (χ1v) is 10.2. The minimum absolute atomic E-state index is 0.133. The summed E-state index contributed by atoms with van der Waals surface area (Å²) in [6.45, 7) is 4.17. The van der Waals surface area contributed by atoms with Crippen molar-refractivity contribution in [1.82, 2.24) is 10.3 Å². The number of amides is 1. The first-order chi connectivity index (χ1) is 12.1. The van der Waals surface area contributed by atoms with Gasteiger partial charge in [-0.1, -0.05) is 38.0 Å². The van der Waals surface area contributed by atoms with Gasteiger partial charge in [0.25, 0.3) is 0 Å². The number of carbonyl (C=O) groups excluding carboxylic acids is 1. The first-order valence-electron chi connectivity index (χ1n) is 9.02. The first kappa shape index (κ1) is 18.1. The number of rotatable bonds is 6. The Morgan fingerprint density at radius 3 is 2.80 bits per heavy atom. The van der Waals surface area contributed by atoms with Gasteiger partial charge in [0, 0.05) is 17.4 Å². The van der Waals surface area contributed by atoms with Crippen LogP contribution in [0.5, 0.6) is 0 Å². The van der Waals surface area contributed by atoms with Crippen LogP contribution in [0.4, 0.5) is 0 Å². The van der Waals surface area contributed by atoms with Crippen LogP contribution in [0, 0.1) is 12.8 Å². The minimum Gasteiger partial charge on any atom is -0.441 e. The summed E-state index contributed by atoms with van der Waals surface area (Å²) in [5.74, 6) is 3.36. The number of thioether (sulfide) groups is 1. The van der Waals surface area contributed by atoms with Gasteiger partial charge in [0.15, 0.2) is 0 Å². The van der Waals surface area contributed by atoms with E-state index in [-0.39, 0.29) is 5.91 Å². The second kappa shape index (κ2) is 8.56. The van der Waals surface area contributed by atoms with Gasteiger partial charge in [-0.15, -0.1) is 11.8 Å². The third-order valence-corrected chi connectivity index (χ3v) is 5.79. The van der Waals surface area contributed by atoms with Crippen LogP contribution in [0.15, 0.2) is 34.7 Å². The van der Waals surface area contributed by atoms with Crippen molar-refractivity contribution in [3.8, 4) is 11.5 Å². The zero-order valence-electron chi connectivity index (χ0n) is 15.0. The molecule has 0 saturated heterocycles. The molecule has 1 fully saturated rings. The molecule has 2 atom stereocenters. The fraction of sp³-hybridized carbons (Fsp3) is 0.500. The summed E-state index contributed by atoms with van der Waals surface area (Å²) in [5, 5.41) is 3.20. The Morgan fingerprint density at radius 2 is 2.04 bits per heavy atom. The molecular weight excluding hydrogens is 332 g/mol. The van der Waals surface area contributed by atoms with E-state index in [0.717, 1.165) is 23.4 Å². The van der Waals surface area contributed by atoms with Crippen LogP contribution in [-0.2, 0) is 10.5 Å². The number of hydrogen-bond donors (Lipinski definition) is 1. The molecule has 2 aromatic rings. The normalized spacial score (nSPS) is 20.4. The number of carbonyl (C=O) groups is 1. The quantitative estimate of drug-likeness (QED) is 0.821. The van der Waals surface area contributed by atoms with Crippen LogP contribution in [0.3, 0.4) is 0 Å². The van der Waals surface area contributed by atoms with Crippen molar-refractivity contribution in [3.63, 3.8) is 0 Å². The number of benzene rings is 1. The van der Waals surface area contributed by atoms with Crippen LogP contribution >= 0.6 is 11.8 Å². The molecule has 0 unspecified atom stereocenters. The average Bonchev–Trinajstić information content (AvgIpc) is 2.99. The van der Waals surface area contributed by atoms with E-state index >= 15 is 0 Å². The highest BCUT2D eigenvalue weighted by Gasteiger charge is 2.22. The SMILES string of the molecule is Cc1oc(-c2ccccc2)nc1CSCC(=O)N[C@H]1CCCC[C@H]1C. The van der Waals surface area contributed by atoms with E-state index in [4.69, 9.17) is 4.42 Å². The Morgan fingerprint density at radius 1 is 1.28 bits per heavy atom. The summed E-state index contributed by atoms with van der Waals surface area (Å²) in [7, 11) is 0. The average molecular weight is 359 g/mol. The summed E-state index contributed by atoms with van der Waals surface area (Å²) in [6, 6.07) is 10.2. The Hall–Kier alpha value is -1.75. The van der Waals surface area contributed by atoms with Gasteiger partial charge in [0.05, 0.1) is 11.4 Å². The summed E-state index contributed by atoms with van der Waals surface area (Å²) in [5.41, 5.74) is 1.90. The van der Waals surface area contributed by atoms with Gasteiger partial charge in [0.2, 0.25) is 11.8 Å². The zero-order valence-corrected chi connectivity index (χ0v) is 15.8. The lowest BCUT2D eigenvalue weighted by Gasteiger charge is -2.29. The van der Waals surface area contributed by atoms with Crippen LogP contribution < -0.4 is 5.32 Å². The Balaban J connectivity index is 1.49. The van der Waals surface area contributed by atoms with Crippen molar-refractivity contribution in [3.05, 3.63) is 41.8 Å². The molecule has 0 aliphatic heterocycles. The maximum Gasteiger partial charge on any atom is 0.230 e. The molecule has 1 aliphatic rings. The molecule has 1 aromatic carbocycles. The van der Waals surface area contributed by atoms with Crippen molar-refractivity contribution >= 4 is 17.7 Å². The largest absolute Gasteiger partial charge is 0.441 e. The Labute approximate surface area is 153 Å². The number of aromatic nitrogens is 1. The molecule has 1 saturated carbocycles. The van der Waals surface area contributed by atoms with Gasteiger partial charge < -0.3 is 9.73 Å². The molecule has 1 aliphatic carbocycles. The lowest BCUT2D eigenvalue weighted by atomic mass is 9.86. The van der Waals surface area contributed by atoms with Crippen molar-refractivity contribution in [2.75, 3.05) is 5.75 Å². The number of aryl methyl sites for hydroxylation is 1. The predicted molar refractivity (Wildman–Crippen MR) is 102 cm³/mol. The van der Waals surface area contributed by atoms with Gasteiger partial charge in [-0.3, -0.25) is 4.79 Å². The van der Waals surface area contributed by atoms with Crippen molar-refractivity contribution < 1.29 is 9.21 Å². The molecule has 3 rings (SSSR count). The maximum absolute atomic E-state index is 12.2. The van der Waals surface area contributed by atoms with Gasteiger partial charge in [-0.25, -0.2) is 4.98 Å². The highest BCUT2D eigenvalue weighted by molar-refractivity contribution is 7.99.